The molecule has 0 aromatic heterocycles. The van der Waals surface area contributed by atoms with Crippen LogP contribution in [0.2, 0.25) is 0 Å². The van der Waals surface area contributed by atoms with Gasteiger partial charge in [-0.3, -0.25) is 4.90 Å². The first-order valence-electron chi connectivity index (χ1n) is 11.2. The molecule has 0 aliphatic carbocycles. The maximum absolute atomic E-state index is 13.2. The maximum Gasteiger partial charge on any atom is 0.573 e. The average Bonchev–Trinajstić information content (AvgIpc) is 2.78. The van der Waals surface area contributed by atoms with Crippen LogP contribution < -0.4 is 9.47 Å². The number of likely N-dealkylation sites (tertiary alicyclic amines) is 1. The minimum Gasteiger partial charge on any atom is -0.480 e. The van der Waals surface area contributed by atoms with Crippen molar-refractivity contribution in [3.8, 4) is 17.2 Å². The Morgan fingerprint density at radius 3 is 1.95 bits per heavy atom. The van der Waals surface area contributed by atoms with Crippen LogP contribution in [0.25, 0.3) is 0 Å². The summed E-state index contributed by atoms with van der Waals surface area (Å²) in [6, 6.07) is 8.63. The van der Waals surface area contributed by atoms with Crippen molar-refractivity contribution >= 4 is 21.9 Å². The van der Waals surface area contributed by atoms with Gasteiger partial charge in [-0.15, -0.1) is 13.2 Å². The van der Waals surface area contributed by atoms with Gasteiger partial charge in [0.05, 0.1) is 10.1 Å². The monoisotopic (exact) mass is 545 g/mol. The van der Waals surface area contributed by atoms with Gasteiger partial charge in [0.25, 0.3) is 0 Å². The molecule has 0 spiro atoms. The van der Waals surface area contributed by atoms with E-state index in [2.05, 4.69) is 4.74 Å². The molecule has 1 aliphatic rings. The Morgan fingerprint density at radius 1 is 0.946 bits per heavy atom. The number of aliphatic carboxylic acids is 1. The summed E-state index contributed by atoms with van der Waals surface area (Å²) < 4.78 is 77.8. The highest BCUT2D eigenvalue weighted by molar-refractivity contribution is 7.92. The van der Waals surface area contributed by atoms with Gasteiger partial charge in [-0.05, 0) is 82.1 Å². The van der Waals surface area contributed by atoms with Gasteiger partial charge < -0.3 is 19.3 Å². The number of carboxylic acid groups (broad SMARTS) is 1. The molecule has 1 amide bonds. The molecule has 0 bridgehead atoms. The minimum atomic E-state index is -4.82. The van der Waals surface area contributed by atoms with Gasteiger partial charge in [-0.1, -0.05) is 0 Å². The van der Waals surface area contributed by atoms with Crippen molar-refractivity contribution in [2.24, 2.45) is 0 Å². The summed E-state index contributed by atoms with van der Waals surface area (Å²) in [5.74, 6) is -1.32. The third kappa shape index (κ3) is 7.51. The van der Waals surface area contributed by atoms with Gasteiger partial charge in [0, 0.05) is 6.54 Å². The van der Waals surface area contributed by atoms with E-state index in [1.807, 2.05) is 0 Å². The highest BCUT2D eigenvalue weighted by atomic mass is 32.2. The summed E-state index contributed by atoms with van der Waals surface area (Å²) in [4.78, 5) is 25.2. The van der Waals surface area contributed by atoms with Crippen LogP contribution in [-0.4, -0.2) is 60.3 Å². The first-order chi connectivity index (χ1) is 17.0. The number of sulfone groups is 1. The first kappa shape index (κ1) is 28.1. The Balaban J connectivity index is 1.69. The van der Waals surface area contributed by atoms with E-state index in [1.54, 1.807) is 20.8 Å². The lowest BCUT2D eigenvalue weighted by molar-refractivity contribution is -0.274. The number of amides is 1. The van der Waals surface area contributed by atoms with Crippen LogP contribution >= 0.6 is 0 Å². The number of hydrogen-bond acceptors (Lipinski definition) is 7. The van der Waals surface area contributed by atoms with E-state index in [9.17, 15) is 36.3 Å². The summed E-state index contributed by atoms with van der Waals surface area (Å²) in [6.45, 7) is 4.82. The van der Waals surface area contributed by atoms with Crippen LogP contribution in [0.1, 0.15) is 33.6 Å². The van der Waals surface area contributed by atoms with E-state index >= 15 is 0 Å². The normalized spacial score (nSPS) is 18.7. The predicted octanol–water partition coefficient (Wildman–Crippen LogP) is 5.00. The summed E-state index contributed by atoms with van der Waals surface area (Å²) in [7, 11) is -3.95. The maximum atomic E-state index is 13.2. The molecule has 37 heavy (non-hydrogen) atoms. The van der Waals surface area contributed by atoms with Gasteiger partial charge in [0.1, 0.15) is 28.9 Å². The zero-order valence-corrected chi connectivity index (χ0v) is 21.0. The van der Waals surface area contributed by atoms with Crippen molar-refractivity contribution in [2.45, 2.75) is 61.8 Å². The predicted molar refractivity (Wildman–Crippen MR) is 124 cm³/mol. The zero-order chi connectivity index (χ0) is 27.6. The molecule has 1 fully saturated rings. The number of piperidine rings is 1. The third-order valence-corrected chi connectivity index (χ3v) is 7.59. The molecule has 1 heterocycles. The molecule has 0 saturated carbocycles. The number of carbonyl (C=O) groups is 2. The second-order valence-corrected chi connectivity index (χ2v) is 11.5. The number of hydrogen-bond donors (Lipinski definition) is 1. The number of alkyl halides is 3. The van der Waals surface area contributed by atoms with Crippen LogP contribution in [0.5, 0.6) is 17.2 Å². The summed E-state index contributed by atoms with van der Waals surface area (Å²) >= 11 is 0. The molecule has 13 heteroatoms. The molecule has 1 N–H and O–H groups in total. The van der Waals surface area contributed by atoms with Gasteiger partial charge in [-0.2, -0.15) is 0 Å². The zero-order valence-electron chi connectivity index (χ0n) is 20.2. The molecule has 3 rings (SSSR count). The molecular weight excluding hydrogens is 519 g/mol. The van der Waals surface area contributed by atoms with Crippen LogP contribution in [0, 0.1) is 0 Å². The number of carbonyl (C=O) groups excluding carboxylic acids is 1. The van der Waals surface area contributed by atoms with Gasteiger partial charge in [0.15, 0.2) is 9.84 Å². The standard InChI is InChI=1S/C24H26F3NO8S/c1-23(2,3)36-22(31)28-13-12-19(14-20(28)21(29)30)37(32,33)18-10-8-16(9-11-18)34-15-4-6-17(7-5-15)35-24(25,26)27/h4-11,19-20H,12-14H2,1-3H3,(H,29,30). The quantitative estimate of drug-likeness (QED) is 0.539. The smallest absolute Gasteiger partial charge is 0.480 e. The van der Waals surface area contributed by atoms with Crippen LogP contribution in [0.4, 0.5) is 18.0 Å². The van der Waals surface area contributed by atoms with Crippen LogP contribution in [-0.2, 0) is 19.4 Å². The number of ether oxygens (including phenoxy) is 3. The van der Waals surface area contributed by atoms with Gasteiger partial charge in [0.2, 0.25) is 0 Å². The van der Waals surface area contributed by atoms with E-state index in [-0.39, 0.29) is 35.8 Å². The van der Waals surface area contributed by atoms with Crippen molar-refractivity contribution < 1.29 is 50.5 Å². The van der Waals surface area contributed by atoms with E-state index in [0.717, 1.165) is 17.0 Å². The van der Waals surface area contributed by atoms with Crippen molar-refractivity contribution in [2.75, 3.05) is 6.54 Å². The van der Waals surface area contributed by atoms with Crippen molar-refractivity contribution in [1.29, 1.82) is 0 Å². The van der Waals surface area contributed by atoms with E-state index < -0.39 is 50.9 Å². The number of rotatable bonds is 6. The molecule has 202 valence electrons. The third-order valence-electron chi connectivity index (χ3n) is 5.35. The Hall–Kier alpha value is -3.48. The highest BCUT2D eigenvalue weighted by Gasteiger charge is 2.43. The van der Waals surface area contributed by atoms with E-state index in [1.165, 1.54) is 36.4 Å². The fourth-order valence-electron chi connectivity index (χ4n) is 3.72. The van der Waals surface area contributed by atoms with Gasteiger partial charge >= 0.3 is 18.4 Å². The summed E-state index contributed by atoms with van der Waals surface area (Å²) in [5, 5.41) is 8.59. The molecule has 0 radical (unpaired) electrons. The molecule has 2 unspecified atom stereocenters. The molecule has 2 aromatic rings. The van der Waals surface area contributed by atoms with Gasteiger partial charge in [-0.25, -0.2) is 18.0 Å². The minimum absolute atomic E-state index is 0.0238. The van der Waals surface area contributed by atoms with Crippen LogP contribution in [0.3, 0.4) is 0 Å². The SMILES string of the molecule is CC(C)(C)OC(=O)N1CCC(S(=O)(=O)c2ccc(Oc3ccc(OC(F)(F)F)cc3)cc2)CC1C(=O)O. The van der Waals surface area contributed by atoms with Crippen molar-refractivity contribution in [3.05, 3.63) is 48.5 Å². The number of benzene rings is 2. The number of halogens is 3. The van der Waals surface area contributed by atoms with Crippen molar-refractivity contribution in [1.82, 2.24) is 4.90 Å². The van der Waals surface area contributed by atoms with E-state index in [4.69, 9.17) is 9.47 Å². The van der Waals surface area contributed by atoms with Crippen LogP contribution in [0.15, 0.2) is 53.4 Å². The lowest BCUT2D eigenvalue weighted by atomic mass is 10.0. The second kappa shape index (κ2) is 10.5. The largest absolute Gasteiger partial charge is 0.573 e. The molecule has 9 nitrogen and oxygen atoms in total. The fraction of sp³-hybridized carbons (Fsp3) is 0.417. The molecule has 1 aliphatic heterocycles. The lowest BCUT2D eigenvalue weighted by Crippen LogP contribution is -2.53. The second-order valence-electron chi connectivity index (χ2n) is 9.31. The Morgan fingerprint density at radius 2 is 1.46 bits per heavy atom. The molecular formula is C24H26F3NO8S. The fourth-order valence-corrected chi connectivity index (χ4v) is 5.48. The molecule has 1 saturated heterocycles. The average molecular weight is 546 g/mol. The summed E-state index contributed by atoms with van der Waals surface area (Å²) in [5.41, 5.74) is -0.842. The molecule has 2 atom stereocenters. The number of carboxylic acids is 1. The Bertz CT molecular complexity index is 1220. The lowest BCUT2D eigenvalue weighted by Gasteiger charge is -2.37. The summed E-state index contributed by atoms with van der Waals surface area (Å²) in [6.07, 6.45) is -5.92. The van der Waals surface area contributed by atoms with E-state index in [0.29, 0.717) is 0 Å². The topological polar surface area (TPSA) is 119 Å². The van der Waals surface area contributed by atoms with Crippen molar-refractivity contribution in [3.63, 3.8) is 0 Å². The number of nitrogens with zero attached hydrogens (tertiary/aromatic N) is 1. The first-order valence-corrected chi connectivity index (χ1v) is 12.7. The Labute approximate surface area is 211 Å². The highest BCUT2D eigenvalue weighted by Crippen LogP contribution is 2.32. The Kier molecular flexibility index (Phi) is 7.96. The molecule has 2 aromatic carbocycles.